The maximum Gasteiger partial charge on any atom is -0.0296 e. The maximum atomic E-state index is 2.49. The summed E-state index contributed by atoms with van der Waals surface area (Å²) in [5, 5.41) is 0. The molecule has 1 fully saturated rings. The van der Waals surface area contributed by atoms with E-state index in [9.17, 15) is 0 Å². The Balaban J connectivity index is 3.43. The molecular formula is C22H44. The Labute approximate surface area is 141 Å². The highest BCUT2D eigenvalue weighted by atomic mass is 14.6. The summed E-state index contributed by atoms with van der Waals surface area (Å²) in [6, 6.07) is 0. The monoisotopic (exact) mass is 308 g/mol. The van der Waals surface area contributed by atoms with Crippen molar-refractivity contribution in [2.24, 2.45) is 45.3 Å². The van der Waals surface area contributed by atoms with Gasteiger partial charge in [-0.25, -0.2) is 0 Å². The van der Waals surface area contributed by atoms with Crippen LogP contribution >= 0.6 is 0 Å². The molecule has 0 bridgehead atoms. The van der Waals surface area contributed by atoms with Gasteiger partial charge in [0.25, 0.3) is 0 Å². The van der Waals surface area contributed by atoms with E-state index in [0.717, 1.165) is 23.7 Å². The zero-order valence-electron chi connectivity index (χ0n) is 17.7. The van der Waals surface area contributed by atoms with E-state index in [4.69, 9.17) is 0 Å². The van der Waals surface area contributed by atoms with E-state index in [2.05, 4.69) is 83.1 Å². The van der Waals surface area contributed by atoms with E-state index in [-0.39, 0.29) is 0 Å². The zero-order chi connectivity index (χ0) is 17.7. The molecule has 0 aromatic carbocycles. The van der Waals surface area contributed by atoms with Crippen molar-refractivity contribution in [2.45, 2.75) is 95.9 Å². The summed E-state index contributed by atoms with van der Waals surface area (Å²) < 4.78 is 0. The molecule has 0 saturated heterocycles. The molecule has 0 spiro atoms. The highest BCUT2D eigenvalue weighted by Gasteiger charge is 2.53. The lowest BCUT2D eigenvalue weighted by Crippen LogP contribution is -2.53. The van der Waals surface area contributed by atoms with Crippen molar-refractivity contribution in [1.82, 2.24) is 0 Å². The van der Waals surface area contributed by atoms with Crippen LogP contribution in [-0.4, -0.2) is 0 Å². The molecule has 1 rings (SSSR count). The van der Waals surface area contributed by atoms with Gasteiger partial charge in [-0.05, 0) is 58.2 Å². The van der Waals surface area contributed by atoms with Crippen LogP contribution in [0.5, 0.6) is 0 Å². The van der Waals surface area contributed by atoms with Gasteiger partial charge < -0.3 is 0 Å². The van der Waals surface area contributed by atoms with Crippen LogP contribution < -0.4 is 0 Å². The fourth-order valence-corrected chi connectivity index (χ4v) is 5.45. The average molecular weight is 309 g/mol. The third kappa shape index (κ3) is 4.30. The van der Waals surface area contributed by atoms with E-state index in [1.165, 1.54) is 12.8 Å². The number of hydrogen-bond acceptors (Lipinski definition) is 0. The lowest BCUT2D eigenvalue weighted by molar-refractivity contribution is -0.109. The molecule has 0 heterocycles. The molecule has 0 aromatic heterocycles. The Morgan fingerprint density at radius 3 is 0.773 bits per heavy atom. The molecule has 132 valence electrons. The van der Waals surface area contributed by atoms with Gasteiger partial charge in [-0.3, -0.25) is 0 Å². The van der Waals surface area contributed by atoms with Crippen LogP contribution in [0.25, 0.3) is 0 Å². The topological polar surface area (TPSA) is 0 Å². The quantitative estimate of drug-likeness (QED) is 0.436. The summed E-state index contributed by atoms with van der Waals surface area (Å²) in [5.74, 6) is 3.25. The van der Waals surface area contributed by atoms with Crippen LogP contribution in [0, 0.1) is 45.3 Å². The van der Waals surface area contributed by atoms with Crippen LogP contribution in [0.4, 0.5) is 0 Å². The van der Waals surface area contributed by atoms with Crippen molar-refractivity contribution in [3.8, 4) is 0 Å². The van der Waals surface area contributed by atoms with Crippen LogP contribution in [0.1, 0.15) is 95.9 Å². The predicted octanol–water partition coefficient (Wildman–Crippen LogP) is 7.43. The maximum absolute atomic E-state index is 2.49. The molecule has 4 atom stereocenters. The zero-order valence-corrected chi connectivity index (χ0v) is 17.7. The minimum absolute atomic E-state index is 0.375. The van der Waals surface area contributed by atoms with E-state index in [1.807, 2.05) is 0 Å². The van der Waals surface area contributed by atoms with Gasteiger partial charge >= 0.3 is 0 Å². The third-order valence-electron chi connectivity index (χ3n) is 6.27. The fraction of sp³-hybridized carbons (Fsp3) is 1.00. The van der Waals surface area contributed by atoms with Crippen LogP contribution in [0.2, 0.25) is 0 Å². The second kappa shape index (κ2) is 5.82. The molecular weight excluding hydrogens is 264 g/mol. The second-order valence-electron chi connectivity index (χ2n) is 12.3. The van der Waals surface area contributed by atoms with Gasteiger partial charge in [0.1, 0.15) is 0 Å². The summed E-state index contributed by atoms with van der Waals surface area (Å²) in [7, 11) is 0. The summed E-state index contributed by atoms with van der Waals surface area (Å²) in [6.45, 7) is 29.7. The van der Waals surface area contributed by atoms with E-state index >= 15 is 0 Å². The van der Waals surface area contributed by atoms with E-state index in [0.29, 0.717) is 21.7 Å². The predicted molar refractivity (Wildman–Crippen MR) is 101 cm³/mol. The normalized spacial score (nSPS) is 32.2. The molecule has 0 aromatic rings. The highest BCUT2D eigenvalue weighted by Crippen LogP contribution is 2.60. The lowest BCUT2D eigenvalue weighted by Gasteiger charge is -2.59. The average Bonchev–Trinajstić information content (AvgIpc) is 2.22. The standard InChI is InChI=1S/C22H44/c1-19(2,3)15-13-14-16(20(4,5)6)18(22(10,11)12)17(15)21(7,8)9/h15-18H,13-14H2,1-12H3. The minimum atomic E-state index is 0.375. The largest absolute Gasteiger partial charge is 0.0599 e. The highest BCUT2D eigenvalue weighted by molar-refractivity contribution is 5.02. The molecule has 22 heavy (non-hydrogen) atoms. The van der Waals surface area contributed by atoms with Crippen molar-refractivity contribution >= 4 is 0 Å². The third-order valence-corrected chi connectivity index (χ3v) is 6.27. The first-order chi connectivity index (χ1) is 9.47. The molecule has 0 N–H and O–H groups in total. The molecule has 4 unspecified atom stereocenters. The van der Waals surface area contributed by atoms with Crippen LogP contribution in [-0.2, 0) is 0 Å². The Morgan fingerprint density at radius 2 is 0.636 bits per heavy atom. The molecule has 0 aliphatic heterocycles. The molecule has 0 heteroatoms. The molecule has 0 radical (unpaired) electrons. The number of hydrogen-bond donors (Lipinski definition) is 0. The Kier molecular flexibility index (Phi) is 5.30. The van der Waals surface area contributed by atoms with Gasteiger partial charge in [-0.2, -0.15) is 0 Å². The molecule has 0 amide bonds. The van der Waals surface area contributed by atoms with Crippen LogP contribution in [0.3, 0.4) is 0 Å². The molecule has 1 aliphatic rings. The lowest BCUT2D eigenvalue weighted by atomic mass is 9.45. The van der Waals surface area contributed by atoms with Gasteiger partial charge in [-0.1, -0.05) is 83.1 Å². The fourth-order valence-electron chi connectivity index (χ4n) is 5.45. The summed E-state index contributed by atoms with van der Waals surface area (Å²) in [6.07, 6.45) is 2.81. The first-order valence-electron chi connectivity index (χ1n) is 9.47. The minimum Gasteiger partial charge on any atom is -0.0599 e. The first-order valence-corrected chi connectivity index (χ1v) is 9.47. The Morgan fingerprint density at radius 1 is 0.409 bits per heavy atom. The smallest absolute Gasteiger partial charge is 0.0296 e. The molecule has 0 nitrogen and oxygen atoms in total. The van der Waals surface area contributed by atoms with E-state index in [1.54, 1.807) is 0 Å². The summed E-state index contributed by atoms with van der Waals surface area (Å²) in [4.78, 5) is 0. The second-order valence-corrected chi connectivity index (χ2v) is 12.3. The van der Waals surface area contributed by atoms with Gasteiger partial charge in [0.2, 0.25) is 0 Å². The van der Waals surface area contributed by atoms with Crippen molar-refractivity contribution in [1.29, 1.82) is 0 Å². The van der Waals surface area contributed by atoms with Crippen molar-refractivity contribution in [3.63, 3.8) is 0 Å². The van der Waals surface area contributed by atoms with Gasteiger partial charge in [0.05, 0.1) is 0 Å². The van der Waals surface area contributed by atoms with Crippen molar-refractivity contribution < 1.29 is 0 Å². The van der Waals surface area contributed by atoms with Gasteiger partial charge in [-0.15, -0.1) is 0 Å². The molecule has 1 aliphatic carbocycles. The Bertz CT molecular complexity index is 323. The van der Waals surface area contributed by atoms with Crippen molar-refractivity contribution in [3.05, 3.63) is 0 Å². The number of rotatable bonds is 0. The summed E-state index contributed by atoms with van der Waals surface area (Å²) >= 11 is 0. The van der Waals surface area contributed by atoms with Crippen LogP contribution in [0.15, 0.2) is 0 Å². The van der Waals surface area contributed by atoms with Crippen molar-refractivity contribution in [2.75, 3.05) is 0 Å². The van der Waals surface area contributed by atoms with Gasteiger partial charge in [0.15, 0.2) is 0 Å². The molecule has 1 saturated carbocycles. The first kappa shape index (κ1) is 20.0. The Hall–Kier alpha value is 0. The van der Waals surface area contributed by atoms with E-state index < -0.39 is 0 Å². The summed E-state index contributed by atoms with van der Waals surface area (Å²) in [5.41, 5.74) is 1.56. The SMILES string of the molecule is CC(C)(C)C1CCC(C(C)(C)C)C(C(C)(C)C)C1C(C)(C)C. The van der Waals surface area contributed by atoms with Gasteiger partial charge in [0, 0.05) is 0 Å².